The van der Waals surface area contributed by atoms with Crippen LogP contribution in [0.1, 0.15) is 25.8 Å². The summed E-state index contributed by atoms with van der Waals surface area (Å²) in [5.74, 6) is -0.449. The van der Waals surface area contributed by atoms with Gasteiger partial charge in [0.25, 0.3) is 0 Å². The van der Waals surface area contributed by atoms with Crippen molar-refractivity contribution in [3.05, 3.63) is 29.6 Å². The van der Waals surface area contributed by atoms with Crippen LogP contribution in [0.3, 0.4) is 0 Å². The first kappa shape index (κ1) is 16.4. The highest BCUT2D eigenvalue weighted by Gasteiger charge is 2.18. The third-order valence-corrected chi connectivity index (χ3v) is 2.84. The molecule has 1 rings (SSSR count). The Morgan fingerprint density at radius 1 is 1.40 bits per heavy atom. The lowest BCUT2D eigenvalue weighted by Crippen LogP contribution is -2.39. The van der Waals surface area contributed by atoms with E-state index in [-0.39, 0.29) is 24.1 Å². The van der Waals surface area contributed by atoms with E-state index in [1.54, 1.807) is 32.0 Å². The lowest BCUT2D eigenvalue weighted by Gasteiger charge is -2.16. The third-order valence-electron chi connectivity index (χ3n) is 2.84. The van der Waals surface area contributed by atoms with Gasteiger partial charge in [0.15, 0.2) is 11.6 Å². The van der Waals surface area contributed by atoms with Crippen LogP contribution in [0.5, 0.6) is 5.75 Å². The second kappa shape index (κ2) is 8.53. The Kier molecular flexibility index (Phi) is 7.01. The Bertz CT molecular complexity index is 437. The van der Waals surface area contributed by atoms with Crippen LogP contribution in [-0.2, 0) is 9.53 Å². The number of halogens is 1. The zero-order valence-corrected chi connectivity index (χ0v) is 12.2. The van der Waals surface area contributed by atoms with Gasteiger partial charge in [-0.25, -0.2) is 4.39 Å². The molecule has 1 N–H and O–H groups in total. The Morgan fingerprint density at radius 2 is 2.15 bits per heavy atom. The van der Waals surface area contributed by atoms with Gasteiger partial charge in [-0.1, -0.05) is 19.1 Å². The zero-order chi connectivity index (χ0) is 15.0. The maximum atomic E-state index is 13.7. The molecule has 0 spiro atoms. The summed E-state index contributed by atoms with van der Waals surface area (Å²) in [6.07, 6.45) is 0.431. The molecule has 0 saturated carbocycles. The van der Waals surface area contributed by atoms with Crippen LogP contribution in [0, 0.1) is 12.7 Å². The van der Waals surface area contributed by atoms with Gasteiger partial charge in [0.1, 0.15) is 6.04 Å². The van der Waals surface area contributed by atoms with Crippen molar-refractivity contribution in [3.63, 3.8) is 0 Å². The van der Waals surface area contributed by atoms with Gasteiger partial charge >= 0.3 is 5.97 Å². The smallest absolute Gasteiger partial charge is 0.323 e. The van der Waals surface area contributed by atoms with Crippen molar-refractivity contribution in [1.82, 2.24) is 5.32 Å². The van der Waals surface area contributed by atoms with Gasteiger partial charge in [-0.15, -0.1) is 0 Å². The molecule has 0 heterocycles. The molecule has 0 aromatic heterocycles. The topological polar surface area (TPSA) is 47.6 Å². The number of carbonyl (C=O) groups excluding carboxylic acids is 1. The summed E-state index contributed by atoms with van der Waals surface area (Å²) in [6.45, 7) is 6.60. The number of hydrogen-bond donors (Lipinski definition) is 1. The maximum absolute atomic E-state index is 13.7. The van der Waals surface area contributed by atoms with Gasteiger partial charge in [-0.05, 0) is 32.0 Å². The highest BCUT2D eigenvalue weighted by atomic mass is 19.1. The predicted molar refractivity (Wildman–Crippen MR) is 75.3 cm³/mol. The summed E-state index contributed by atoms with van der Waals surface area (Å²) in [5.41, 5.74) is 0.538. The molecule has 1 unspecified atom stereocenters. The zero-order valence-electron chi connectivity index (χ0n) is 12.2. The highest BCUT2D eigenvalue weighted by Crippen LogP contribution is 2.19. The first-order chi connectivity index (χ1) is 9.60. The van der Waals surface area contributed by atoms with Crippen molar-refractivity contribution in [3.8, 4) is 5.75 Å². The van der Waals surface area contributed by atoms with E-state index in [2.05, 4.69) is 5.32 Å². The SMILES string of the molecule is CCNC(CCOc1cccc(C)c1F)C(=O)OCC. The fraction of sp³-hybridized carbons (Fsp3) is 0.533. The number of ether oxygens (including phenoxy) is 2. The quantitative estimate of drug-likeness (QED) is 0.744. The molecule has 0 aliphatic heterocycles. The molecule has 5 heteroatoms. The van der Waals surface area contributed by atoms with Crippen LogP contribution in [-0.4, -0.2) is 31.8 Å². The summed E-state index contributed by atoms with van der Waals surface area (Å²) in [7, 11) is 0. The van der Waals surface area contributed by atoms with Crippen LogP contribution in [0.2, 0.25) is 0 Å². The lowest BCUT2D eigenvalue weighted by atomic mass is 10.2. The Balaban J connectivity index is 2.51. The van der Waals surface area contributed by atoms with Crippen LogP contribution in [0.4, 0.5) is 4.39 Å². The average Bonchev–Trinajstić information content (AvgIpc) is 2.42. The molecular formula is C15H22FNO3. The van der Waals surface area contributed by atoms with Gasteiger partial charge in [0.2, 0.25) is 0 Å². The molecule has 0 amide bonds. The first-order valence-corrected chi connectivity index (χ1v) is 6.88. The second-order valence-electron chi connectivity index (χ2n) is 4.39. The molecule has 1 atom stereocenters. The molecule has 1 aromatic carbocycles. The van der Waals surface area contributed by atoms with E-state index >= 15 is 0 Å². The Labute approximate surface area is 119 Å². The Morgan fingerprint density at radius 3 is 2.80 bits per heavy atom. The van der Waals surface area contributed by atoms with Crippen LogP contribution in [0.15, 0.2) is 18.2 Å². The fourth-order valence-electron chi connectivity index (χ4n) is 1.81. The van der Waals surface area contributed by atoms with Crippen LogP contribution < -0.4 is 10.1 Å². The van der Waals surface area contributed by atoms with E-state index in [9.17, 15) is 9.18 Å². The predicted octanol–water partition coefficient (Wildman–Crippen LogP) is 2.44. The van der Waals surface area contributed by atoms with E-state index in [0.717, 1.165) is 0 Å². The largest absolute Gasteiger partial charge is 0.490 e. The van der Waals surface area contributed by atoms with Crippen molar-refractivity contribution in [2.75, 3.05) is 19.8 Å². The number of aryl methyl sites for hydroxylation is 1. The van der Waals surface area contributed by atoms with Gasteiger partial charge in [0.05, 0.1) is 13.2 Å². The highest BCUT2D eigenvalue weighted by molar-refractivity contribution is 5.75. The van der Waals surface area contributed by atoms with Crippen molar-refractivity contribution in [2.24, 2.45) is 0 Å². The van der Waals surface area contributed by atoms with Gasteiger partial charge in [0, 0.05) is 6.42 Å². The number of benzene rings is 1. The van der Waals surface area contributed by atoms with Crippen LogP contribution >= 0.6 is 0 Å². The van der Waals surface area contributed by atoms with E-state index in [1.807, 2.05) is 6.92 Å². The molecule has 20 heavy (non-hydrogen) atoms. The summed E-state index contributed by atoms with van der Waals surface area (Å²) < 4.78 is 24.1. The molecule has 0 aliphatic carbocycles. The van der Waals surface area contributed by atoms with Gasteiger partial charge in [-0.3, -0.25) is 4.79 Å². The Hall–Kier alpha value is -1.62. The molecule has 0 bridgehead atoms. The number of rotatable bonds is 8. The number of nitrogens with one attached hydrogen (secondary N) is 1. The van der Waals surface area contributed by atoms with Crippen molar-refractivity contribution >= 4 is 5.97 Å². The average molecular weight is 283 g/mol. The molecule has 0 fully saturated rings. The van der Waals surface area contributed by atoms with E-state index in [1.165, 1.54) is 0 Å². The number of carbonyl (C=O) groups is 1. The minimum atomic E-state index is -0.423. The minimum absolute atomic E-state index is 0.212. The second-order valence-corrected chi connectivity index (χ2v) is 4.39. The summed E-state index contributed by atoms with van der Waals surface area (Å²) in [4.78, 5) is 11.7. The van der Waals surface area contributed by atoms with E-state index in [0.29, 0.717) is 25.1 Å². The molecule has 4 nitrogen and oxygen atoms in total. The number of esters is 1. The van der Waals surface area contributed by atoms with Crippen molar-refractivity contribution in [1.29, 1.82) is 0 Å². The van der Waals surface area contributed by atoms with Crippen molar-refractivity contribution < 1.29 is 18.7 Å². The van der Waals surface area contributed by atoms with E-state index in [4.69, 9.17) is 9.47 Å². The monoisotopic (exact) mass is 283 g/mol. The molecule has 0 saturated heterocycles. The standard InChI is InChI=1S/C15H22FNO3/c1-4-17-12(15(18)19-5-2)9-10-20-13-8-6-7-11(3)14(13)16/h6-8,12,17H,4-5,9-10H2,1-3H3. The molecule has 1 aromatic rings. The summed E-state index contributed by atoms with van der Waals surface area (Å²) in [5, 5.41) is 3.03. The summed E-state index contributed by atoms with van der Waals surface area (Å²) >= 11 is 0. The normalized spacial score (nSPS) is 12.0. The first-order valence-electron chi connectivity index (χ1n) is 6.88. The maximum Gasteiger partial charge on any atom is 0.323 e. The fourth-order valence-corrected chi connectivity index (χ4v) is 1.81. The molecule has 112 valence electrons. The molecule has 0 aliphatic rings. The molecule has 0 radical (unpaired) electrons. The van der Waals surface area contributed by atoms with Crippen molar-refractivity contribution in [2.45, 2.75) is 33.2 Å². The minimum Gasteiger partial charge on any atom is -0.490 e. The summed E-state index contributed by atoms with van der Waals surface area (Å²) in [6, 6.07) is 4.57. The molecular weight excluding hydrogens is 261 g/mol. The van der Waals surface area contributed by atoms with Gasteiger partial charge in [-0.2, -0.15) is 0 Å². The van der Waals surface area contributed by atoms with Crippen LogP contribution in [0.25, 0.3) is 0 Å². The third kappa shape index (κ3) is 4.81. The van der Waals surface area contributed by atoms with E-state index < -0.39 is 6.04 Å². The lowest BCUT2D eigenvalue weighted by molar-refractivity contribution is -0.146. The van der Waals surface area contributed by atoms with Gasteiger partial charge < -0.3 is 14.8 Å². The number of likely N-dealkylation sites (N-methyl/N-ethyl adjacent to an activating group) is 1. The number of hydrogen-bond acceptors (Lipinski definition) is 4.